The lowest BCUT2D eigenvalue weighted by Crippen LogP contribution is -2.37. The quantitative estimate of drug-likeness (QED) is 0.851. The largest absolute Gasteiger partial charge is 0.486 e. The van der Waals surface area contributed by atoms with Gasteiger partial charge in [-0.2, -0.15) is 13.2 Å². The second-order valence-electron chi connectivity index (χ2n) is 6.79. The highest BCUT2D eigenvalue weighted by Gasteiger charge is 2.34. The molecule has 2 heterocycles. The molecule has 152 valence electrons. The van der Waals surface area contributed by atoms with Gasteiger partial charge in [-0.05, 0) is 30.3 Å². The molecule has 1 N–H and O–H groups in total. The molecule has 2 aliphatic rings. The minimum atomic E-state index is -4.53. The Bertz CT molecular complexity index is 961. The summed E-state index contributed by atoms with van der Waals surface area (Å²) in [5, 5.41) is 2.64. The molecule has 0 spiro atoms. The molecule has 1 fully saturated rings. The van der Waals surface area contributed by atoms with Gasteiger partial charge in [0.25, 0.3) is 5.91 Å². The first-order valence-electron chi connectivity index (χ1n) is 8.99. The molecular weight excluding hydrogens is 389 g/mol. The monoisotopic (exact) mass is 406 g/mol. The Morgan fingerprint density at radius 2 is 1.83 bits per heavy atom. The fourth-order valence-corrected chi connectivity index (χ4v) is 3.36. The van der Waals surface area contributed by atoms with E-state index in [2.05, 4.69) is 5.32 Å². The van der Waals surface area contributed by atoms with E-state index in [1.807, 2.05) is 0 Å². The molecule has 2 amide bonds. The van der Waals surface area contributed by atoms with Crippen molar-refractivity contribution in [3.63, 3.8) is 0 Å². The van der Waals surface area contributed by atoms with Crippen LogP contribution in [-0.4, -0.2) is 37.6 Å². The molecule has 2 aromatic rings. The number of carbonyl (C=O) groups is 2. The van der Waals surface area contributed by atoms with Crippen LogP contribution in [0.4, 0.5) is 18.9 Å². The van der Waals surface area contributed by atoms with E-state index in [9.17, 15) is 22.8 Å². The van der Waals surface area contributed by atoms with Crippen LogP contribution in [0.3, 0.4) is 0 Å². The highest BCUT2D eigenvalue weighted by atomic mass is 19.4. The number of hydrogen-bond acceptors (Lipinski definition) is 4. The van der Waals surface area contributed by atoms with Gasteiger partial charge in [-0.15, -0.1) is 0 Å². The molecule has 6 nitrogen and oxygen atoms in total. The van der Waals surface area contributed by atoms with Crippen LogP contribution in [0.25, 0.3) is 0 Å². The zero-order chi connectivity index (χ0) is 20.6. The molecule has 0 aliphatic carbocycles. The van der Waals surface area contributed by atoms with E-state index in [0.29, 0.717) is 30.4 Å². The maximum absolute atomic E-state index is 12.8. The maximum Gasteiger partial charge on any atom is 0.416 e. The molecule has 0 radical (unpaired) electrons. The van der Waals surface area contributed by atoms with Crippen molar-refractivity contribution in [1.29, 1.82) is 0 Å². The van der Waals surface area contributed by atoms with Crippen molar-refractivity contribution < 1.29 is 32.2 Å². The first-order chi connectivity index (χ1) is 13.8. The Morgan fingerprint density at radius 1 is 1.07 bits per heavy atom. The van der Waals surface area contributed by atoms with Crippen LogP contribution in [-0.2, 0) is 11.0 Å². The third kappa shape index (κ3) is 3.98. The lowest BCUT2D eigenvalue weighted by atomic mass is 10.1. The molecule has 1 atom stereocenters. The number of hydrogen-bond donors (Lipinski definition) is 1. The summed E-state index contributed by atoms with van der Waals surface area (Å²) in [5.74, 6) is 0.285. The predicted octanol–water partition coefficient (Wildman–Crippen LogP) is 3.01. The Morgan fingerprint density at radius 3 is 2.59 bits per heavy atom. The van der Waals surface area contributed by atoms with Gasteiger partial charge in [0.05, 0.1) is 11.6 Å². The van der Waals surface area contributed by atoms with E-state index in [1.54, 1.807) is 18.2 Å². The molecule has 2 aromatic carbocycles. The number of amides is 2. The van der Waals surface area contributed by atoms with Gasteiger partial charge in [-0.25, -0.2) is 0 Å². The Kier molecular flexibility index (Phi) is 4.81. The molecule has 0 saturated carbocycles. The number of nitrogens with zero attached hydrogens (tertiary/aromatic N) is 1. The molecule has 1 saturated heterocycles. The van der Waals surface area contributed by atoms with Gasteiger partial charge in [0.15, 0.2) is 11.5 Å². The number of nitrogens with one attached hydrogen (secondary N) is 1. The van der Waals surface area contributed by atoms with Crippen molar-refractivity contribution in [3.8, 4) is 11.5 Å². The smallest absolute Gasteiger partial charge is 0.416 e. The zero-order valence-corrected chi connectivity index (χ0v) is 15.2. The van der Waals surface area contributed by atoms with Crippen LogP contribution in [0.5, 0.6) is 11.5 Å². The van der Waals surface area contributed by atoms with E-state index >= 15 is 0 Å². The summed E-state index contributed by atoms with van der Waals surface area (Å²) in [6.45, 7) is 1.09. The lowest BCUT2D eigenvalue weighted by molar-refractivity contribution is -0.137. The van der Waals surface area contributed by atoms with E-state index in [4.69, 9.17) is 9.47 Å². The number of halogens is 3. The van der Waals surface area contributed by atoms with Crippen molar-refractivity contribution in [1.82, 2.24) is 5.32 Å². The van der Waals surface area contributed by atoms with Crippen LogP contribution in [0.1, 0.15) is 22.3 Å². The summed E-state index contributed by atoms with van der Waals surface area (Å²) in [4.78, 5) is 26.3. The normalized spacial score (nSPS) is 18.7. The van der Waals surface area contributed by atoms with E-state index in [1.165, 1.54) is 17.0 Å². The topological polar surface area (TPSA) is 67.9 Å². The molecule has 0 bridgehead atoms. The Labute approximate surface area is 164 Å². The van der Waals surface area contributed by atoms with Gasteiger partial charge in [0.1, 0.15) is 13.2 Å². The molecule has 29 heavy (non-hydrogen) atoms. The van der Waals surface area contributed by atoms with Gasteiger partial charge < -0.3 is 19.7 Å². The highest BCUT2D eigenvalue weighted by Crippen LogP contribution is 2.35. The number of anilines is 1. The number of fused-ring (bicyclic) bond motifs is 1. The summed E-state index contributed by atoms with van der Waals surface area (Å²) in [5.41, 5.74) is -0.398. The SMILES string of the molecule is O=C(NC1CC(=O)N(c2ccc3c(c2)OCCO3)C1)c1cccc(C(F)(F)F)c1. The number of ether oxygens (including phenoxy) is 2. The standard InChI is InChI=1S/C20H17F3N2O4/c21-20(22,23)13-3-1-2-12(8-13)19(27)24-14-9-18(26)25(11-14)15-4-5-16-17(10-15)29-7-6-28-16/h1-5,8,10,14H,6-7,9,11H2,(H,24,27). The van der Waals surface area contributed by atoms with E-state index in [-0.39, 0.29) is 24.4 Å². The van der Waals surface area contributed by atoms with Crippen molar-refractivity contribution in [3.05, 3.63) is 53.6 Å². The van der Waals surface area contributed by atoms with Crippen molar-refractivity contribution in [2.75, 3.05) is 24.7 Å². The summed E-state index contributed by atoms with van der Waals surface area (Å²) in [7, 11) is 0. The van der Waals surface area contributed by atoms with Crippen LogP contribution < -0.4 is 19.7 Å². The fourth-order valence-electron chi connectivity index (χ4n) is 3.36. The first-order valence-corrected chi connectivity index (χ1v) is 8.99. The maximum atomic E-state index is 12.8. The molecule has 2 aliphatic heterocycles. The van der Waals surface area contributed by atoms with E-state index in [0.717, 1.165) is 12.1 Å². The molecule has 0 aromatic heterocycles. The molecule has 9 heteroatoms. The van der Waals surface area contributed by atoms with Crippen LogP contribution in [0.2, 0.25) is 0 Å². The number of rotatable bonds is 3. The van der Waals surface area contributed by atoms with Gasteiger partial charge in [0, 0.05) is 30.3 Å². The molecular formula is C20H17F3N2O4. The molecule has 4 rings (SSSR count). The summed E-state index contributed by atoms with van der Waals surface area (Å²) >= 11 is 0. The van der Waals surface area contributed by atoms with Crippen LogP contribution in [0, 0.1) is 0 Å². The highest BCUT2D eigenvalue weighted by molar-refractivity contribution is 5.99. The van der Waals surface area contributed by atoms with Crippen molar-refractivity contribution >= 4 is 17.5 Å². The number of carbonyl (C=O) groups excluding carboxylic acids is 2. The second kappa shape index (κ2) is 7.31. The van der Waals surface area contributed by atoms with Gasteiger partial charge in [-0.1, -0.05) is 6.07 Å². The van der Waals surface area contributed by atoms with E-state index < -0.39 is 23.7 Å². The van der Waals surface area contributed by atoms with Crippen molar-refractivity contribution in [2.24, 2.45) is 0 Å². The number of benzene rings is 2. The summed E-state index contributed by atoms with van der Waals surface area (Å²) < 4.78 is 49.5. The predicted molar refractivity (Wildman–Crippen MR) is 97.1 cm³/mol. The second-order valence-corrected chi connectivity index (χ2v) is 6.79. The summed E-state index contributed by atoms with van der Waals surface area (Å²) in [6.07, 6.45) is -4.48. The minimum absolute atomic E-state index is 0.0547. The summed E-state index contributed by atoms with van der Waals surface area (Å²) in [6, 6.07) is 8.80. The minimum Gasteiger partial charge on any atom is -0.486 e. The van der Waals surface area contributed by atoms with Gasteiger partial charge >= 0.3 is 6.18 Å². The van der Waals surface area contributed by atoms with Crippen LogP contribution >= 0.6 is 0 Å². The Hall–Kier alpha value is -3.23. The lowest BCUT2D eigenvalue weighted by Gasteiger charge is -2.22. The zero-order valence-electron chi connectivity index (χ0n) is 15.2. The fraction of sp³-hybridized carbons (Fsp3) is 0.300. The first kappa shape index (κ1) is 19.1. The van der Waals surface area contributed by atoms with Crippen LogP contribution in [0.15, 0.2) is 42.5 Å². The third-order valence-electron chi connectivity index (χ3n) is 4.75. The average molecular weight is 406 g/mol. The Balaban J connectivity index is 1.45. The molecule has 1 unspecified atom stereocenters. The third-order valence-corrected chi connectivity index (χ3v) is 4.75. The van der Waals surface area contributed by atoms with Crippen molar-refractivity contribution in [2.45, 2.75) is 18.6 Å². The van der Waals surface area contributed by atoms with Gasteiger partial charge in [-0.3, -0.25) is 9.59 Å². The average Bonchev–Trinajstić information content (AvgIpc) is 3.07. The number of alkyl halides is 3. The van der Waals surface area contributed by atoms with Gasteiger partial charge in [0.2, 0.25) is 5.91 Å².